The topological polar surface area (TPSA) is 59.4 Å². The van der Waals surface area contributed by atoms with E-state index in [1.165, 1.54) is 0 Å². The van der Waals surface area contributed by atoms with Crippen LogP contribution in [0.2, 0.25) is 5.02 Å². The van der Waals surface area contributed by atoms with E-state index < -0.39 is 0 Å². The molecule has 3 aromatic rings. The summed E-state index contributed by atoms with van der Waals surface area (Å²) in [5, 5.41) is 13.9. The third kappa shape index (κ3) is 2.87. The molecule has 1 unspecified atom stereocenters. The Bertz CT molecular complexity index is 813. The first-order valence-corrected chi connectivity index (χ1v) is 7.26. The Morgan fingerprint density at radius 2 is 2.18 bits per heavy atom. The summed E-state index contributed by atoms with van der Waals surface area (Å²) in [5.74, 6) is 0. The zero-order valence-electron chi connectivity index (χ0n) is 12.0. The molecule has 110 valence electrons. The molecule has 0 amide bonds. The monoisotopic (exact) mass is 311 g/mol. The van der Waals surface area contributed by atoms with Crippen molar-refractivity contribution in [3.05, 3.63) is 59.8 Å². The van der Waals surface area contributed by atoms with Crippen LogP contribution >= 0.6 is 11.6 Å². The van der Waals surface area contributed by atoms with Gasteiger partial charge in [0.1, 0.15) is 6.07 Å². The van der Waals surface area contributed by atoms with E-state index in [1.54, 1.807) is 24.7 Å². The minimum atomic E-state index is 0.264. The summed E-state index contributed by atoms with van der Waals surface area (Å²) in [5.41, 5.74) is 2.21. The first-order valence-electron chi connectivity index (χ1n) is 6.88. The van der Waals surface area contributed by atoms with E-state index in [0.29, 0.717) is 10.6 Å². The van der Waals surface area contributed by atoms with Crippen LogP contribution < -0.4 is 0 Å². The van der Waals surface area contributed by atoms with Gasteiger partial charge in [-0.2, -0.15) is 10.4 Å². The summed E-state index contributed by atoms with van der Waals surface area (Å²) in [4.78, 5) is 4.06. The van der Waals surface area contributed by atoms with Gasteiger partial charge in [-0.15, -0.1) is 0 Å². The third-order valence-electron chi connectivity index (χ3n) is 3.51. The highest BCUT2D eigenvalue weighted by Crippen LogP contribution is 2.24. The van der Waals surface area contributed by atoms with Crippen LogP contribution in [0.3, 0.4) is 0 Å². The third-order valence-corrected chi connectivity index (χ3v) is 3.82. The largest absolute Gasteiger partial charge is 0.333 e. The molecule has 0 spiro atoms. The van der Waals surface area contributed by atoms with E-state index in [1.807, 2.05) is 33.8 Å². The average molecular weight is 312 g/mol. The van der Waals surface area contributed by atoms with Gasteiger partial charge in [-0.1, -0.05) is 17.7 Å². The van der Waals surface area contributed by atoms with E-state index in [2.05, 4.69) is 23.1 Å². The molecule has 0 aliphatic rings. The summed E-state index contributed by atoms with van der Waals surface area (Å²) in [7, 11) is 0. The van der Waals surface area contributed by atoms with Crippen molar-refractivity contribution in [3.8, 4) is 17.3 Å². The molecular formula is C16H14ClN5. The second-order valence-corrected chi connectivity index (χ2v) is 5.50. The molecular weight excluding hydrogens is 298 g/mol. The predicted octanol–water partition coefficient (Wildman–Crippen LogP) is 3.53. The standard InChI is InChI=1S/C16H14ClN5/c1-12(21-7-5-19-11-21)10-22-6-4-16(20-22)13-2-3-14(9-18)15(17)8-13/h2-8,11-12H,10H2,1H3. The Hall–Kier alpha value is -2.58. The molecule has 22 heavy (non-hydrogen) atoms. The molecule has 0 N–H and O–H groups in total. The Kier molecular flexibility index (Phi) is 3.94. The van der Waals surface area contributed by atoms with Crippen LogP contribution in [0.25, 0.3) is 11.3 Å². The molecule has 1 atom stereocenters. The van der Waals surface area contributed by atoms with Crippen molar-refractivity contribution in [2.24, 2.45) is 0 Å². The van der Waals surface area contributed by atoms with Crippen LogP contribution in [0.5, 0.6) is 0 Å². The van der Waals surface area contributed by atoms with E-state index in [-0.39, 0.29) is 6.04 Å². The van der Waals surface area contributed by atoms with Crippen molar-refractivity contribution in [1.82, 2.24) is 19.3 Å². The maximum Gasteiger partial charge on any atom is 0.101 e. The molecule has 0 aliphatic heterocycles. The van der Waals surface area contributed by atoms with Crippen LogP contribution in [-0.2, 0) is 6.54 Å². The average Bonchev–Trinajstić information content (AvgIpc) is 3.18. The van der Waals surface area contributed by atoms with Crippen molar-refractivity contribution in [2.75, 3.05) is 0 Å². The SMILES string of the molecule is CC(Cn1ccc(-c2ccc(C#N)c(Cl)c2)n1)n1ccnc1. The lowest BCUT2D eigenvalue weighted by atomic mass is 10.1. The molecule has 0 saturated heterocycles. The fourth-order valence-electron chi connectivity index (χ4n) is 2.28. The van der Waals surface area contributed by atoms with E-state index in [9.17, 15) is 0 Å². The smallest absolute Gasteiger partial charge is 0.101 e. The van der Waals surface area contributed by atoms with Crippen molar-refractivity contribution in [2.45, 2.75) is 19.5 Å². The summed E-state index contributed by atoms with van der Waals surface area (Å²) in [6.45, 7) is 2.86. The molecule has 0 aliphatic carbocycles. The number of benzene rings is 1. The van der Waals surface area contributed by atoms with Crippen molar-refractivity contribution >= 4 is 11.6 Å². The van der Waals surface area contributed by atoms with Crippen molar-refractivity contribution in [3.63, 3.8) is 0 Å². The Labute approximate surface area is 133 Å². The number of halogens is 1. The summed E-state index contributed by atoms with van der Waals surface area (Å²) in [6.07, 6.45) is 7.45. The quantitative estimate of drug-likeness (QED) is 0.740. The highest BCUT2D eigenvalue weighted by molar-refractivity contribution is 6.32. The number of nitrogens with zero attached hydrogens (tertiary/aromatic N) is 5. The number of hydrogen-bond acceptors (Lipinski definition) is 3. The number of imidazole rings is 1. The summed E-state index contributed by atoms with van der Waals surface area (Å²) >= 11 is 6.07. The van der Waals surface area contributed by atoms with Crippen LogP contribution in [0.1, 0.15) is 18.5 Å². The molecule has 5 nitrogen and oxygen atoms in total. The lowest BCUT2D eigenvalue weighted by molar-refractivity contribution is 0.437. The highest BCUT2D eigenvalue weighted by atomic mass is 35.5. The Morgan fingerprint density at radius 3 is 2.86 bits per heavy atom. The minimum Gasteiger partial charge on any atom is -0.333 e. The van der Waals surface area contributed by atoms with Gasteiger partial charge in [0.25, 0.3) is 0 Å². The second-order valence-electron chi connectivity index (χ2n) is 5.09. The number of nitriles is 1. The van der Waals surface area contributed by atoms with Gasteiger partial charge in [0.05, 0.1) is 35.2 Å². The van der Waals surface area contributed by atoms with Gasteiger partial charge in [0, 0.05) is 24.2 Å². The fourth-order valence-corrected chi connectivity index (χ4v) is 2.50. The zero-order chi connectivity index (χ0) is 15.5. The molecule has 0 saturated carbocycles. The fraction of sp³-hybridized carbons (Fsp3) is 0.188. The first-order chi connectivity index (χ1) is 10.7. The number of hydrogen-bond donors (Lipinski definition) is 0. The van der Waals surface area contributed by atoms with E-state index >= 15 is 0 Å². The van der Waals surface area contributed by atoms with Gasteiger partial charge in [0.15, 0.2) is 0 Å². The predicted molar refractivity (Wildman–Crippen MR) is 84.3 cm³/mol. The maximum atomic E-state index is 8.91. The molecule has 0 fully saturated rings. The van der Waals surface area contributed by atoms with Gasteiger partial charge in [-0.05, 0) is 25.1 Å². The Morgan fingerprint density at radius 1 is 1.32 bits per heavy atom. The lowest BCUT2D eigenvalue weighted by Gasteiger charge is -2.12. The molecule has 2 aromatic heterocycles. The van der Waals surface area contributed by atoms with E-state index in [4.69, 9.17) is 16.9 Å². The van der Waals surface area contributed by atoms with Gasteiger partial charge in [-0.25, -0.2) is 4.98 Å². The molecule has 2 heterocycles. The number of aromatic nitrogens is 4. The molecule has 1 aromatic carbocycles. The summed E-state index contributed by atoms with van der Waals surface area (Å²) < 4.78 is 3.94. The van der Waals surface area contributed by atoms with Crippen LogP contribution in [0.4, 0.5) is 0 Å². The van der Waals surface area contributed by atoms with Gasteiger partial charge < -0.3 is 4.57 Å². The summed E-state index contributed by atoms with van der Waals surface area (Å²) in [6, 6.07) is 9.60. The van der Waals surface area contributed by atoms with Crippen LogP contribution in [0.15, 0.2) is 49.2 Å². The van der Waals surface area contributed by atoms with Crippen LogP contribution in [-0.4, -0.2) is 19.3 Å². The Balaban J connectivity index is 1.79. The minimum absolute atomic E-state index is 0.264. The first kappa shape index (κ1) is 14.4. The molecule has 0 bridgehead atoms. The van der Waals surface area contributed by atoms with Gasteiger partial charge >= 0.3 is 0 Å². The second kappa shape index (κ2) is 6.04. The van der Waals surface area contributed by atoms with Crippen molar-refractivity contribution < 1.29 is 0 Å². The molecule has 3 rings (SSSR count). The zero-order valence-corrected chi connectivity index (χ0v) is 12.8. The van der Waals surface area contributed by atoms with Crippen LogP contribution in [0, 0.1) is 11.3 Å². The highest BCUT2D eigenvalue weighted by Gasteiger charge is 2.09. The number of rotatable bonds is 4. The lowest BCUT2D eigenvalue weighted by Crippen LogP contribution is -2.12. The van der Waals surface area contributed by atoms with Gasteiger partial charge in [0.2, 0.25) is 0 Å². The molecule has 6 heteroatoms. The van der Waals surface area contributed by atoms with Gasteiger partial charge in [-0.3, -0.25) is 4.68 Å². The van der Waals surface area contributed by atoms with Crippen molar-refractivity contribution in [1.29, 1.82) is 5.26 Å². The normalized spacial score (nSPS) is 12.0. The van der Waals surface area contributed by atoms with E-state index in [0.717, 1.165) is 17.8 Å². The molecule has 0 radical (unpaired) electrons. The maximum absolute atomic E-state index is 8.91.